The predicted octanol–water partition coefficient (Wildman–Crippen LogP) is 4.67. The molecule has 0 aliphatic heterocycles. The van der Waals surface area contributed by atoms with Gasteiger partial charge in [0.25, 0.3) is 0 Å². The Morgan fingerprint density at radius 3 is 2.52 bits per heavy atom. The summed E-state index contributed by atoms with van der Waals surface area (Å²) in [5.41, 5.74) is 3.80. The summed E-state index contributed by atoms with van der Waals surface area (Å²) in [6.45, 7) is 4.81. The SMILES string of the molecule is CCN(C)C(=N)c1cc(C)c(Nc2ccccc2)cc1Cl. The van der Waals surface area contributed by atoms with Crippen molar-refractivity contribution < 1.29 is 0 Å². The maximum absolute atomic E-state index is 8.19. The Kier molecular flexibility index (Phi) is 4.86. The molecule has 0 saturated carbocycles. The summed E-state index contributed by atoms with van der Waals surface area (Å²) in [4.78, 5) is 1.87. The number of rotatable bonds is 4. The Labute approximate surface area is 131 Å². The van der Waals surface area contributed by atoms with Crippen LogP contribution in [-0.2, 0) is 0 Å². The van der Waals surface area contributed by atoms with E-state index < -0.39 is 0 Å². The average molecular weight is 302 g/mol. The number of nitrogens with zero attached hydrogens (tertiary/aromatic N) is 1. The zero-order valence-electron chi connectivity index (χ0n) is 12.6. The highest BCUT2D eigenvalue weighted by Gasteiger charge is 2.13. The van der Waals surface area contributed by atoms with Crippen molar-refractivity contribution in [1.82, 2.24) is 4.90 Å². The van der Waals surface area contributed by atoms with Gasteiger partial charge in [-0.1, -0.05) is 29.8 Å². The van der Waals surface area contributed by atoms with E-state index in [1.54, 1.807) is 0 Å². The molecule has 0 bridgehead atoms. The highest BCUT2D eigenvalue weighted by Crippen LogP contribution is 2.28. The van der Waals surface area contributed by atoms with Crippen LogP contribution in [-0.4, -0.2) is 24.3 Å². The van der Waals surface area contributed by atoms with Gasteiger partial charge < -0.3 is 10.2 Å². The van der Waals surface area contributed by atoms with Crippen LogP contribution in [0.1, 0.15) is 18.1 Å². The second-order valence-electron chi connectivity index (χ2n) is 5.00. The Bertz CT molecular complexity index is 638. The van der Waals surface area contributed by atoms with Crippen molar-refractivity contribution in [3.05, 3.63) is 58.6 Å². The molecule has 2 N–H and O–H groups in total. The highest BCUT2D eigenvalue weighted by atomic mass is 35.5. The van der Waals surface area contributed by atoms with Crippen molar-refractivity contribution in [2.75, 3.05) is 18.9 Å². The normalized spacial score (nSPS) is 10.3. The molecule has 2 aromatic rings. The van der Waals surface area contributed by atoms with E-state index in [4.69, 9.17) is 17.0 Å². The Balaban J connectivity index is 2.31. The second-order valence-corrected chi connectivity index (χ2v) is 5.41. The molecule has 0 saturated heterocycles. The van der Waals surface area contributed by atoms with Crippen LogP contribution in [0.4, 0.5) is 11.4 Å². The van der Waals surface area contributed by atoms with Gasteiger partial charge in [-0.3, -0.25) is 5.41 Å². The van der Waals surface area contributed by atoms with E-state index >= 15 is 0 Å². The lowest BCUT2D eigenvalue weighted by atomic mass is 10.1. The number of hydrogen-bond acceptors (Lipinski definition) is 2. The van der Waals surface area contributed by atoms with Gasteiger partial charge in [0.2, 0.25) is 0 Å². The third-order valence-electron chi connectivity index (χ3n) is 3.48. The molecule has 0 aromatic heterocycles. The maximum Gasteiger partial charge on any atom is 0.129 e. The van der Waals surface area contributed by atoms with Gasteiger partial charge in [-0.2, -0.15) is 0 Å². The zero-order chi connectivity index (χ0) is 15.4. The minimum Gasteiger partial charge on any atom is -0.360 e. The lowest BCUT2D eigenvalue weighted by Crippen LogP contribution is -2.26. The lowest BCUT2D eigenvalue weighted by Gasteiger charge is -2.20. The molecule has 0 heterocycles. The van der Waals surface area contributed by atoms with Crippen LogP contribution in [0.2, 0.25) is 5.02 Å². The fourth-order valence-corrected chi connectivity index (χ4v) is 2.29. The molecule has 0 aliphatic rings. The lowest BCUT2D eigenvalue weighted by molar-refractivity contribution is 0.533. The standard InChI is InChI=1S/C17H20ClN3/c1-4-21(3)17(19)14-10-12(2)16(11-15(14)18)20-13-8-6-5-7-9-13/h5-11,19-20H,4H2,1-3H3. The first kappa shape index (κ1) is 15.4. The minimum atomic E-state index is 0.442. The number of nitrogens with one attached hydrogen (secondary N) is 2. The summed E-state index contributed by atoms with van der Waals surface area (Å²) >= 11 is 6.36. The van der Waals surface area contributed by atoms with Crippen molar-refractivity contribution in [3.63, 3.8) is 0 Å². The Hall–Kier alpha value is -2.00. The monoisotopic (exact) mass is 301 g/mol. The largest absolute Gasteiger partial charge is 0.360 e. The van der Waals surface area contributed by atoms with Crippen LogP contribution < -0.4 is 5.32 Å². The first-order valence-corrected chi connectivity index (χ1v) is 7.33. The number of aryl methyl sites for hydroxylation is 1. The van der Waals surface area contributed by atoms with Gasteiger partial charge in [-0.15, -0.1) is 0 Å². The molecular formula is C17H20ClN3. The van der Waals surface area contributed by atoms with Crippen molar-refractivity contribution in [2.24, 2.45) is 0 Å². The van der Waals surface area contributed by atoms with Crippen molar-refractivity contribution in [3.8, 4) is 0 Å². The molecule has 0 unspecified atom stereocenters. The molecule has 4 heteroatoms. The molecule has 0 aliphatic carbocycles. The fourth-order valence-electron chi connectivity index (χ4n) is 2.04. The molecule has 21 heavy (non-hydrogen) atoms. The third-order valence-corrected chi connectivity index (χ3v) is 3.79. The second kappa shape index (κ2) is 6.64. The molecule has 0 atom stereocenters. The number of halogens is 1. The summed E-state index contributed by atoms with van der Waals surface area (Å²) in [7, 11) is 1.89. The molecule has 110 valence electrons. The van der Waals surface area contributed by atoms with Crippen LogP contribution in [0.5, 0.6) is 0 Å². The van der Waals surface area contributed by atoms with E-state index in [-0.39, 0.29) is 0 Å². The highest BCUT2D eigenvalue weighted by molar-refractivity contribution is 6.34. The summed E-state index contributed by atoms with van der Waals surface area (Å²) in [5, 5.41) is 12.1. The summed E-state index contributed by atoms with van der Waals surface area (Å²) in [6, 6.07) is 13.8. The van der Waals surface area contributed by atoms with Gasteiger partial charge in [0, 0.05) is 30.5 Å². The van der Waals surface area contributed by atoms with E-state index in [1.165, 1.54) is 0 Å². The van der Waals surface area contributed by atoms with E-state index in [0.29, 0.717) is 10.9 Å². The number of hydrogen-bond donors (Lipinski definition) is 2. The molecule has 0 spiro atoms. The van der Waals surface area contributed by atoms with Gasteiger partial charge in [0.1, 0.15) is 5.84 Å². The predicted molar refractivity (Wildman–Crippen MR) is 91.0 cm³/mol. The van der Waals surface area contributed by atoms with Crippen LogP contribution in [0.25, 0.3) is 0 Å². The third kappa shape index (κ3) is 3.56. The molecular weight excluding hydrogens is 282 g/mol. The maximum atomic E-state index is 8.19. The van der Waals surface area contributed by atoms with Crippen LogP contribution in [0.3, 0.4) is 0 Å². The smallest absolute Gasteiger partial charge is 0.129 e. The summed E-state index contributed by atoms with van der Waals surface area (Å²) in [5.74, 6) is 0.442. The molecule has 0 radical (unpaired) electrons. The molecule has 0 fully saturated rings. The number of para-hydroxylation sites is 1. The Morgan fingerprint density at radius 1 is 1.24 bits per heavy atom. The number of anilines is 2. The van der Waals surface area contributed by atoms with Crippen LogP contribution in [0, 0.1) is 12.3 Å². The van der Waals surface area contributed by atoms with E-state index in [2.05, 4.69) is 5.32 Å². The molecule has 3 nitrogen and oxygen atoms in total. The van der Waals surface area contributed by atoms with E-state index in [0.717, 1.165) is 29.0 Å². The van der Waals surface area contributed by atoms with E-state index in [1.807, 2.05) is 68.3 Å². The average Bonchev–Trinajstić information content (AvgIpc) is 2.50. The van der Waals surface area contributed by atoms with Crippen molar-refractivity contribution in [2.45, 2.75) is 13.8 Å². The molecule has 2 aromatic carbocycles. The van der Waals surface area contributed by atoms with E-state index in [9.17, 15) is 0 Å². The number of amidine groups is 1. The quantitative estimate of drug-likeness (QED) is 0.636. The van der Waals surface area contributed by atoms with Crippen molar-refractivity contribution in [1.29, 1.82) is 5.41 Å². The summed E-state index contributed by atoms with van der Waals surface area (Å²) < 4.78 is 0. The number of benzene rings is 2. The zero-order valence-corrected chi connectivity index (χ0v) is 13.3. The van der Waals surface area contributed by atoms with Gasteiger partial charge in [0.15, 0.2) is 0 Å². The fraction of sp³-hybridized carbons (Fsp3) is 0.235. The molecule has 2 rings (SSSR count). The summed E-state index contributed by atoms with van der Waals surface area (Å²) in [6.07, 6.45) is 0. The van der Waals surface area contributed by atoms with Crippen LogP contribution >= 0.6 is 11.6 Å². The van der Waals surface area contributed by atoms with Gasteiger partial charge in [0.05, 0.1) is 5.02 Å². The molecule has 0 amide bonds. The first-order valence-electron chi connectivity index (χ1n) is 6.95. The topological polar surface area (TPSA) is 39.1 Å². The van der Waals surface area contributed by atoms with Gasteiger partial charge in [-0.05, 0) is 43.7 Å². The first-order chi connectivity index (χ1) is 10.0. The van der Waals surface area contributed by atoms with Crippen LogP contribution in [0.15, 0.2) is 42.5 Å². The van der Waals surface area contributed by atoms with Gasteiger partial charge >= 0.3 is 0 Å². The van der Waals surface area contributed by atoms with Gasteiger partial charge in [-0.25, -0.2) is 0 Å². The minimum absolute atomic E-state index is 0.442. The Morgan fingerprint density at radius 2 is 1.90 bits per heavy atom. The van der Waals surface area contributed by atoms with Crippen molar-refractivity contribution >= 4 is 28.8 Å².